The number of hydrogen-bond acceptors (Lipinski definition) is 3. The molecule has 0 aliphatic heterocycles. The third-order valence-electron chi connectivity index (χ3n) is 2.69. The van der Waals surface area contributed by atoms with Crippen LogP contribution in [0.4, 0.5) is 0 Å². The molecular weight excluding hydrogens is 236 g/mol. The molecule has 0 aliphatic carbocycles. The molecule has 0 aromatic heterocycles. The molecule has 2 N–H and O–H groups in total. The molecule has 0 amide bonds. The molecule has 0 aromatic carbocycles. The maximum Gasteiger partial charge on any atom is 0.303 e. The van der Waals surface area contributed by atoms with E-state index in [0.717, 1.165) is 25.7 Å². The fraction of sp³-hybridized carbons (Fsp3) is 0.769. The van der Waals surface area contributed by atoms with E-state index < -0.39 is 11.9 Å². The van der Waals surface area contributed by atoms with E-state index in [-0.39, 0.29) is 18.6 Å². The quantitative estimate of drug-likeness (QED) is 0.525. The standard InChI is InChI=1S/C13H22O5/c14-11(7-3-1-5-9-12(15)16)8-4-2-6-10-13(17)18/h1-10H2,(H,15,16)(H,17,18). The van der Waals surface area contributed by atoms with Crippen LogP contribution in [0, 0.1) is 0 Å². The summed E-state index contributed by atoms with van der Waals surface area (Å²) in [7, 11) is 0. The van der Waals surface area contributed by atoms with Gasteiger partial charge in [-0.15, -0.1) is 0 Å². The summed E-state index contributed by atoms with van der Waals surface area (Å²) in [4.78, 5) is 31.9. The molecule has 0 saturated carbocycles. The van der Waals surface area contributed by atoms with Crippen molar-refractivity contribution in [3.63, 3.8) is 0 Å². The maximum absolute atomic E-state index is 11.4. The molecule has 0 fully saturated rings. The van der Waals surface area contributed by atoms with Crippen LogP contribution in [0.25, 0.3) is 0 Å². The number of aliphatic carboxylic acids is 2. The zero-order chi connectivity index (χ0) is 13.8. The Kier molecular flexibility index (Phi) is 9.91. The summed E-state index contributed by atoms with van der Waals surface area (Å²) in [5.41, 5.74) is 0. The fourth-order valence-electron chi connectivity index (χ4n) is 1.68. The van der Waals surface area contributed by atoms with Gasteiger partial charge in [0.05, 0.1) is 0 Å². The van der Waals surface area contributed by atoms with Crippen LogP contribution in [-0.2, 0) is 14.4 Å². The molecule has 0 spiro atoms. The number of hydrogen-bond donors (Lipinski definition) is 2. The van der Waals surface area contributed by atoms with E-state index >= 15 is 0 Å². The molecule has 0 radical (unpaired) electrons. The van der Waals surface area contributed by atoms with Gasteiger partial charge >= 0.3 is 11.9 Å². The molecular formula is C13H22O5. The Morgan fingerprint density at radius 1 is 0.556 bits per heavy atom. The Bertz CT molecular complexity index is 247. The van der Waals surface area contributed by atoms with Gasteiger partial charge in [0, 0.05) is 25.7 Å². The van der Waals surface area contributed by atoms with Gasteiger partial charge in [0.15, 0.2) is 0 Å². The monoisotopic (exact) mass is 258 g/mol. The normalized spacial score (nSPS) is 10.2. The Morgan fingerprint density at radius 2 is 0.889 bits per heavy atom. The lowest BCUT2D eigenvalue weighted by molar-refractivity contribution is -0.138. The molecule has 0 atom stereocenters. The van der Waals surface area contributed by atoms with E-state index in [2.05, 4.69) is 0 Å². The average molecular weight is 258 g/mol. The van der Waals surface area contributed by atoms with Gasteiger partial charge in [0.1, 0.15) is 5.78 Å². The molecule has 5 heteroatoms. The van der Waals surface area contributed by atoms with Crippen LogP contribution in [0.2, 0.25) is 0 Å². The van der Waals surface area contributed by atoms with E-state index in [1.807, 2.05) is 0 Å². The highest BCUT2D eigenvalue weighted by Crippen LogP contribution is 2.08. The minimum absolute atomic E-state index is 0.170. The number of rotatable bonds is 12. The number of ketones is 1. The average Bonchev–Trinajstić information content (AvgIpc) is 2.27. The SMILES string of the molecule is O=C(O)CCCCCC(=O)CCCCCC(=O)O. The van der Waals surface area contributed by atoms with Crippen molar-refractivity contribution < 1.29 is 24.6 Å². The third kappa shape index (κ3) is 12.7. The van der Waals surface area contributed by atoms with E-state index in [0.29, 0.717) is 25.7 Å². The predicted octanol–water partition coefficient (Wildman–Crippen LogP) is 2.63. The van der Waals surface area contributed by atoms with E-state index in [4.69, 9.17) is 10.2 Å². The lowest BCUT2D eigenvalue weighted by Gasteiger charge is -2.01. The molecule has 0 aliphatic rings. The largest absolute Gasteiger partial charge is 0.481 e. The second-order valence-corrected chi connectivity index (χ2v) is 4.45. The highest BCUT2D eigenvalue weighted by Gasteiger charge is 2.03. The Balaban J connectivity index is 3.27. The van der Waals surface area contributed by atoms with Crippen LogP contribution in [0.5, 0.6) is 0 Å². The summed E-state index contributed by atoms with van der Waals surface area (Å²) in [5.74, 6) is -1.39. The van der Waals surface area contributed by atoms with Crippen LogP contribution in [0.15, 0.2) is 0 Å². The van der Waals surface area contributed by atoms with Crippen molar-refractivity contribution in [3.8, 4) is 0 Å². The van der Waals surface area contributed by atoms with Crippen molar-refractivity contribution in [1.82, 2.24) is 0 Å². The highest BCUT2D eigenvalue weighted by atomic mass is 16.4. The topological polar surface area (TPSA) is 91.7 Å². The number of Topliss-reactive ketones (excluding diaryl/α,β-unsaturated/α-hetero) is 1. The van der Waals surface area contributed by atoms with Gasteiger partial charge in [0.25, 0.3) is 0 Å². The zero-order valence-electron chi connectivity index (χ0n) is 10.7. The first-order valence-corrected chi connectivity index (χ1v) is 6.47. The van der Waals surface area contributed by atoms with Crippen LogP contribution in [-0.4, -0.2) is 27.9 Å². The molecule has 0 saturated heterocycles. The van der Waals surface area contributed by atoms with Crippen molar-refractivity contribution in [2.24, 2.45) is 0 Å². The van der Waals surface area contributed by atoms with Crippen LogP contribution in [0.3, 0.4) is 0 Å². The smallest absolute Gasteiger partial charge is 0.303 e. The van der Waals surface area contributed by atoms with E-state index in [9.17, 15) is 14.4 Å². The van der Waals surface area contributed by atoms with E-state index in [1.54, 1.807) is 0 Å². The van der Waals surface area contributed by atoms with Crippen molar-refractivity contribution >= 4 is 17.7 Å². The number of carbonyl (C=O) groups excluding carboxylic acids is 1. The van der Waals surface area contributed by atoms with Gasteiger partial charge in [-0.3, -0.25) is 14.4 Å². The van der Waals surface area contributed by atoms with Gasteiger partial charge in [-0.2, -0.15) is 0 Å². The summed E-state index contributed by atoms with van der Waals surface area (Å²) in [6, 6.07) is 0. The van der Waals surface area contributed by atoms with Gasteiger partial charge in [-0.25, -0.2) is 0 Å². The van der Waals surface area contributed by atoms with Gasteiger partial charge in [0.2, 0.25) is 0 Å². The van der Waals surface area contributed by atoms with Gasteiger partial charge < -0.3 is 10.2 Å². The summed E-state index contributed by atoms with van der Waals surface area (Å²) in [6.45, 7) is 0. The van der Waals surface area contributed by atoms with Crippen molar-refractivity contribution in [2.45, 2.75) is 64.2 Å². The second kappa shape index (κ2) is 10.7. The first-order chi connectivity index (χ1) is 8.52. The summed E-state index contributed by atoms with van der Waals surface area (Å²) in [5, 5.41) is 16.8. The number of carboxylic acid groups (broad SMARTS) is 2. The maximum atomic E-state index is 11.4. The Labute approximate surface area is 107 Å². The number of carboxylic acids is 2. The Morgan fingerprint density at radius 3 is 1.22 bits per heavy atom. The number of carbonyl (C=O) groups is 3. The van der Waals surface area contributed by atoms with Crippen LogP contribution >= 0.6 is 0 Å². The summed E-state index contributed by atoms with van der Waals surface area (Å²) < 4.78 is 0. The molecule has 0 bridgehead atoms. The first-order valence-electron chi connectivity index (χ1n) is 6.47. The van der Waals surface area contributed by atoms with Crippen LogP contribution in [0.1, 0.15) is 64.2 Å². The Hall–Kier alpha value is -1.39. The fourth-order valence-corrected chi connectivity index (χ4v) is 1.68. The first kappa shape index (κ1) is 16.6. The minimum atomic E-state index is -0.792. The zero-order valence-corrected chi connectivity index (χ0v) is 10.7. The van der Waals surface area contributed by atoms with Crippen molar-refractivity contribution in [2.75, 3.05) is 0 Å². The molecule has 0 heterocycles. The number of unbranched alkanes of at least 4 members (excludes halogenated alkanes) is 4. The second-order valence-electron chi connectivity index (χ2n) is 4.45. The molecule has 0 rings (SSSR count). The molecule has 18 heavy (non-hydrogen) atoms. The molecule has 5 nitrogen and oxygen atoms in total. The lowest BCUT2D eigenvalue weighted by Crippen LogP contribution is -1.99. The molecule has 104 valence electrons. The van der Waals surface area contributed by atoms with Crippen LogP contribution < -0.4 is 0 Å². The van der Waals surface area contributed by atoms with Gasteiger partial charge in [-0.1, -0.05) is 12.8 Å². The molecule has 0 aromatic rings. The lowest BCUT2D eigenvalue weighted by atomic mass is 10.0. The highest BCUT2D eigenvalue weighted by molar-refractivity contribution is 5.78. The summed E-state index contributed by atoms with van der Waals surface area (Å²) in [6.07, 6.45) is 5.67. The van der Waals surface area contributed by atoms with Crippen molar-refractivity contribution in [3.05, 3.63) is 0 Å². The molecule has 0 unspecified atom stereocenters. The van der Waals surface area contributed by atoms with E-state index in [1.165, 1.54) is 0 Å². The van der Waals surface area contributed by atoms with Crippen molar-refractivity contribution in [1.29, 1.82) is 0 Å². The predicted molar refractivity (Wildman–Crippen MR) is 66.4 cm³/mol. The summed E-state index contributed by atoms with van der Waals surface area (Å²) >= 11 is 0. The third-order valence-corrected chi connectivity index (χ3v) is 2.69. The van der Waals surface area contributed by atoms with Gasteiger partial charge in [-0.05, 0) is 25.7 Å². The minimum Gasteiger partial charge on any atom is -0.481 e.